The van der Waals surface area contributed by atoms with Crippen LogP contribution in [0.15, 0.2) is 0 Å². The van der Waals surface area contributed by atoms with Crippen LogP contribution in [-0.2, 0) is 0 Å². The van der Waals surface area contributed by atoms with Gasteiger partial charge in [0, 0.05) is 30.9 Å². The highest BCUT2D eigenvalue weighted by molar-refractivity contribution is 7.98. The van der Waals surface area contributed by atoms with Gasteiger partial charge in [-0.2, -0.15) is 11.8 Å². The van der Waals surface area contributed by atoms with Crippen LogP contribution in [0.5, 0.6) is 0 Å². The molecule has 1 N–H and O–H groups in total. The summed E-state index contributed by atoms with van der Waals surface area (Å²) < 4.78 is 0. The maximum Gasteiger partial charge on any atom is 0.00967 e. The minimum absolute atomic E-state index is 0.230. The Morgan fingerprint density at radius 1 is 1.25 bits per heavy atom. The van der Waals surface area contributed by atoms with Crippen LogP contribution >= 0.6 is 11.8 Å². The van der Waals surface area contributed by atoms with Gasteiger partial charge in [-0.15, -0.1) is 0 Å². The zero-order valence-corrected chi connectivity index (χ0v) is 15.4. The SMILES string of the molecule is CSCCN(C)CC1(CNC(C)(C)C)CCC(C)CC1. The van der Waals surface area contributed by atoms with E-state index in [1.807, 2.05) is 11.8 Å². The van der Waals surface area contributed by atoms with Gasteiger partial charge in [0.05, 0.1) is 0 Å². The Morgan fingerprint density at radius 2 is 1.85 bits per heavy atom. The second-order valence-electron chi connectivity index (χ2n) is 8.02. The first-order valence-electron chi connectivity index (χ1n) is 8.19. The molecule has 2 nitrogen and oxygen atoms in total. The van der Waals surface area contributed by atoms with E-state index in [1.165, 1.54) is 51.1 Å². The van der Waals surface area contributed by atoms with Crippen LogP contribution in [0.1, 0.15) is 53.4 Å². The van der Waals surface area contributed by atoms with Gasteiger partial charge in [0.15, 0.2) is 0 Å². The summed E-state index contributed by atoms with van der Waals surface area (Å²) >= 11 is 1.95. The lowest BCUT2D eigenvalue weighted by Crippen LogP contribution is -2.50. The molecule has 0 aromatic heterocycles. The zero-order chi connectivity index (χ0) is 15.2. The van der Waals surface area contributed by atoms with E-state index < -0.39 is 0 Å². The first-order chi connectivity index (χ1) is 9.26. The molecule has 0 amide bonds. The van der Waals surface area contributed by atoms with Crippen molar-refractivity contribution in [3.05, 3.63) is 0 Å². The molecule has 0 heterocycles. The van der Waals surface area contributed by atoms with Gasteiger partial charge < -0.3 is 10.2 Å². The molecular weight excluding hydrogens is 264 g/mol. The quantitative estimate of drug-likeness (QED) is 0.768. The van der Waals surface area contributed by atoms with Crippen LogP contribution in [0, 0.1) is 11.3 Å². The molecule has 0 radical (unpaired) electrons. The monoisotopic (exact) mass is 300 g/mol. The van der Waals surface area contributed by atoms with Crippen molar-refractivity contribution < 1.29 is 0 Å². The fraction of sp³-hybridized carbons (Fsp3) is 1.00. The van der Waals surface area contributed by atoms with Gasteiger partial charge in [0.2, 0.25) is 0 Å². The summed E-state index contributed by atoms with van der Waals surface area (Å²) in [6.45, 7) is 12.9. The second-order valence-corrected chi connectivity index (χ2v) is 9.00. The summed E-state index contributed by atoms with van der Waals surface area (Å²) in [5.41, 5.74) is 0.723. The molecule has 3 heteroatoms. The highest BCUT2D eigenvalue weighted by atomic mass is 32.2. The number of thioether (sulfide) groups is 1. The third-order valence-electron chi connectivity index (χ3n) is 4.61. The molecule has 0 aliphatic heterocycles. The number of nitrogens with zero attached hydrogens (tertiary/aromatic N) is 1. The van der Waals surface area contributed by atoms with E-state index in [-0.39, 0.29) is 5.54 Å². The molecule has 0 unspecified atom stereocenters. The van der Waals surface area contributed by atoms with E-state index in [4.69, 9.17) is 0 Å². The summed E-state index contributed by atoms with van der Waals surface area (Å²) in [5, 5.41) is 3.78. The Balaban J connectivity index is 2.59. The van der Waals surface area contributed by atoms with E-state index in [1.54, 1.807) is 0 Å². The fourth-order valence-corrected chi connectivity index (χ4v) is 3.61. The molecule has 1 aliphatic rings. The molecule has 0 aromatic rings. The van der Waals surface area contributed by atoms with E-state index in [0.29, 0.717) is 5.41 Å². The molecule has 0 spiro atoms. The van der Waals surface area contributed by atoms with Crippen molar-refractivity contribution in [3.8, 4) is 0 Å². The molecule has 1 rings (SSSR count). The normalized spacial score (nSPS) is 28.1. The van der Waals surface area contributed by atoms with Crippen molar-refractivity contribution in [2.24, 2.45) is 11.3 Å². The lowest BCUT2D eigenvalue weighted by Gasteiger charge is -2.43. The van der Waals surface area contributed by atoms with Gasteiger partial charge in [0.25, 0.3) is 0 Å². The van der Waals surface area contributed by atoms with Crippen LogP contribution in [-0.4, -0.2) is 49.1 Å². The number of hydrogen-bond acceptors (Lipinski definition) is 3. The maximum atomic E-state index is 3.78. The second kappa shape index (κ2) is 8.05. The van der Waals surface area contributed by atoms with Crippen molar-refractivity contribution >= 4 is 11.8 Å². The Kier molecular flexibility index (Phi) is 7.37. The van der Waals surface area contributed by atoms with Crippen molar-refractivity contribution in [2.75, 3.05) is 38.7 Å². The van der Waals surface area contributed by atoms with Crippen molar-refractivity contribution in [1.82, 2.24) is 10.2 Å². The van der Waals surface area contributed by atoms with Gasteiger partial charge in [-0.25, -0.2) is 0 Å². The number of rotatable bonds is 7. The Morgan fingerprint density at radius 3 is 2.35 bits per heavy atom. The molecule has 0 aromatic carbocycles. The third-order valence-corrected chi connectivity index (χ3v) is 5.20. The molecule has 1 saturated carbocycles. The van der Waals surface area contributed by atoms with E-state index in [9.17, 15) is 0 Å². The predicted octanol–water partition coefficient (Wildman–Crippen LogP) is 3.87. The number of nitrogens with one attached hydrogen (secondary N) is 1. The van der Waals surface area contributed by atoms with Gasteiger partial charge >= 0.3 is 0 Å². The first-order valence-corrected chi connectivity index (χ1v) is 9.58. The van der Waals surface area contributed by atoms with Crippen molar-refractivity contribution in [3.63, 3.8) is 0 Å². The van der Waals surface area contributed by atoms with Crippen LogP contribution < -0.4 is 5.32 Å². The lowest BCUT2D eigenvalue weighted by atomic mass is 9.70. The first kappa shape index (κ1) is 18.3. The summed E-state index contributed by atoms with van der Waals surface area (Å²) in [6, 6.07) is 0. The largest absolute Gasteiger partial charge is 0.311 e. The summed E-state index contributed by atoms with van der Waals surface area (Å²) in [6.07, 6.45) is 7.79. The maximum absolute atomic E-state index is 3.78. The summed E-state index contributed by atoms with van der Waals surface area (Å²) in [5.74, 6) is 2.17. The smallest absolute Gasteiger partial charge is 0.00967 e. The van der Waals surface area contributed by atoms with E-state index >= 15 is 0 Å². The van der Waals surface area contributed by atoms with Crippen molar-refractivity contribution in [1.29, 1.82) is 0 Å². The van der Waals surface area contributed by atoms with Gasteiger partial charge in [-0.1, -0.05) is 19.8 Å². The molecule has 1 fully saturated rings. The average molecular weight is 301 g/mol. The Labute approximate surface area is 131 Å². The van der Waals surface area contributed by atoms with E-state index in [0.717, 1.165) is 5.92 Å². The van der Waals surface area contributed by atoms with Crippen LogP contribution in [0.25, 0.3) is 0 Å². The third kappa shape index (κ3) is 6.82. The van der Waals surface area contributed by atoms with Crippen LogP contribution in [0.3, 0.4) is 0 Å². The Bertz CT molecular complexity index is 265. The molecule has 120 valence electrons. The van der Waals surface area contributed by atoms with Gasteiger partial charge in [0.1, 0.15) is 0 Å². The molecule has 0 saturated heterocycles. The minimum Gasteiger partial charge on any atom is -0.311 e. The highest BCUT2D eigenvalue weighted by Gasteiger charge is 2.35. The highest BCUT2D eigenvalue weighted by Crippen LogP contribution is 2.39. The fourth-order valence-electron chi connectivity index (χ4n) is 3.12. The van der Waals surface area contributed by atoms with Crippen LogP contribution in [0.2, 0.25) is 0 Å². The summed E-state index contributed by atoms with van der Waals surface area (Å²) in [7, 11) is 2.30. The van der Waals surface area contributed by atoms with Crippen molar-refractivity contribution in [2.45, 2.75) is 58.9 Å². The predicted molar refractivity (Wildman–Crippen MR) is 93.7 cm³/mol. The number of hydrogen-bond donors (Lipinski definition) is 1. The standard InChI is InChI=1S/C17H36N2S/c1-15-7-9-17(10-8-15,13-18-16(2,3)4)14-19(5)11-12-20-6/h15,18H,7-14H2,1-6H3. The molecule has 20 heavy (non-hydrogen) atoms. The minimum atomic E-state index is 0.230. The summed E-state index contributed by atoms with van der Waals surface area (Å²) in [4.78, 5) is 2.55. The van der Waals surface area contributed by atoms with Gasteiger partial charge in [-0.05, 0) is 58.2 Å². The average Bonchev–Trinajstić information content (AvgIpc) is 2.37. The zero-order valence-electron chi connectivity index (χ0n) is 14.6. The topological polar surface area (TPSA) is 15.3 Å². The van der Waals surface area contributed by atoms with E-state index in [2.05, 4.69) is 51.2 Å². The molecule has 0 atom stereocenters. The Hall–Kier alpha value is 0.270. The van der Waals surface area contributed by atoms with Gasteiger partial charge in [-0.3, -0.25) is 0 Å². The molecular formula is C17H36N2S. The van der Waals surface area contributed by atoms with Crippen LogP contribution in [0.4, 0.5) is 0 Å². The lowest BCUT2D eigenvalue weighted by molar-refractivity contribution is 0.0941. The molecule has 0 bridgehead atoms. The molecule has 1 aliphatic carbocycles.